The van der Waals surface area contributed by atoms with Crippen LogP contribution in [-0.4, -0.2) is 44.8 Å². The maximum atomic E-state index is 12.7. The highest BCUT2D eigenvalue weighted by Crippen LogP contribution is 2.25. The van der Waals surface area contributed by atoms with E-state index in [0.29, 0.717) is 10.6 Å². The van der Waals surface area contributed by atoms with Gasteiger partial charge in [-0.15, -0.1) is 0 Å². The molecular weight excluding hydrogens is 330 g/mol. The molecule has 1 aromatic carbocycles. The summed E-state index contributed by atoms with van der Waals surface area (Å²) in [5.41, 5.74) is 1.92. The molecule has 7 heteroatoms. The third kappa shape index (κ3) is 3.43. The summed E-state index contributed by atoms with van der Waals surface area (Å²) < 4.78 is 1.69. The van der Waals surface area contributed by atoms with Gasteiger partial charge in [0, 0.05) is 12.1 Å². The summed E-state index contributed by atoms with van der Waals surface area (Å²) >= 11 is 5.92. The number of aromatic nitrogens is 2. The lowest BCUT2D eigenvalue weighted by atomic mass is 10.0. The lowest BCUT2D eigenvalue weighted by Crippen LogP contribution is -2.40. The Morgan fingerprint density at radius 1 is 1.21 bits per heavy atom. The molecular formula is C17H20ClN3O3. The Kier molecular flexibility index (Phi) is 5.29. The van der Waals surface area contributed by atoms with Crippen LogP contribution < -0.4 is 0 Å². The Labute approximate surface area is 145 Å². The molecule has 128 valence electrons. The van der Waals surface area contributed by atoms with Crippen LogP contribution in [0.4, 0.5) is 0 Å². The van der Waals surface area contributed by atoms with Crippen molar-refractivity contribution in [3.05, 3.63) is 46.7 Å². The van der Waals surface area contributed by atoms with E-state index in [0.717, 1.165) is 11.4 Å². The summed E-state index contributed by atoms with van der Waals surface area (Å²) in [5.74, 6) is -1.40. The number of aliphatic carboxylic acids is 1. The van der Waals surface area contributed by atoms with Crippen molar-refractivity contribution in [3.8, 4) is 5.69 Å². The zero-order valence-electron chi connectivity index (χ0n) is 14.0. The Balaban J connectivity index is 2.47. The second-order valence-electron chi connectivity index (χ2n) is 5.92. The largest absolute Gasteiger partial charge is 0.480 e. The maximum absolute atomic E-state index is 12.7. The lowest BCUT2D eigenvalue weighted by Gasteiger charge is -2.22. The van der Waals surface area contributed by atoms with Crippen LogP contribution in [0.1, 0.15) is 42.7 Å². The molecule has 1 heterocycles. The first-order valence-corrected chi connectivity index (χ1v) is 7.95. The molecule has 0 fully saturated rings. The number of benzene rings is 1. The standard InChI is InChI=1S/C17H20ClN3O3/c1-10(2)15-14(16(22)20(4)11(3)17(23)24)9-19-21(15)13-7-5-12(18)6-8-13/h5-11H,1-4H3,(H,23,24). The molecule has 0 spiro atoms. The molecule has 1 unspecified atom stereocenters. The monoisotopic (exact) mass is 349 g/mol. The molecule has 0 radical (unpaired) electrons. The van der Waals surface area contributed by atoms with Crippen molar-refractivity contribution in [2.75, 3.05) is 7.05 Å². The summed E-state index contributed by atoms with van der Waals surface area (Å²) in [6.07, 6.45) is 1.48. The van der Waals surface area contributed by atoms with E-state index in [1.54, 1.807) is 16.8 Å². The number of carboxylic acid groups (broad SMARTS) is 1. The van der Waals surface area contributed by atoms with Gasteiger partial charge in [-0.05, 0) is 37.1 Å². The van der Waals surface area contributed by atoms with E-state index in [4.69, 9.17) is 16.7 Å². The highest BCUT2D eigenvalue weighted by atomic mass is 35.5. The van der Waals surface area contributed by atoms with E-state index in [2.05, 4.69) is 5.10 Å². The SMILES string of the molecule is CC(C)c1c(C(=O)N(C)C(C)C(=O)O)cnn1-c1ccc(Cl)cc1. The van der Waals surface area contributed by atoms with Crippen LogP contribution >= 0.6 is 11.6 Å². The van der Waals surface area contributed by atoms with Crippen molar-refractivity contribution in [2.45, 2.75) is 32.7 Å². The minimum Gasteiger partial charge on any atom is -0.480 e. The maximum Gasteiger partial charge on any atom is 0.326 e. The molecule has 1 atom stereocenters. The topological polar surface area (TPSA) is 75.4 Å². The average molecular weight is 350 g/mol. The van der Waals surface area contributed by atoms with Gasteiger partial charge >= 0.3 is 5.97 Å². The number of rotatable bonds is 5. The van der Waals surface area contributed by atoms with Crippen LogP contribution in [0.5, 0.6) is 0 Å². The number of carbonyl (C=O) groups excluding carboxylic acids is 1. The van der Waals surface area contributed by atoms with Gasteiger partial charge in [0.15, 0.2) is 0 Å². The normalized spacial score (nSPS) is 12.2. The van der Waals surface area contributed by atoms with E-state index < -0.39 is 12.0 Å². The molecule has 6 nitrogen and oxygen atoms in total. The number of likely N-dealkylation sites (N-methyl/N-ethyl adjacent to an activating group) is 1. The van der Waals surface area contributed by atoms with Crippen LogP contribution in [0.25, 0.3) is 5.69 Å². The molecule has 1 N–H and O–H groups in total. The van der Waals surface area contributed by atoms with E-state index in [1.165, 1.54) is 25.1 Å². The third-order valence-corrected chi connectivity index (χ3v) is 4.17. The third-order valence-electron chi connectivity index (χ3n) is 3.91. The fourth-order valence-corrected chi connectivity index (χ4v) is 2.52. The second-order valence-corrected chi connectivity index (χ2v) is 6.35. The van der Waals surface area contributed by atoms with Gasteiger partial charge in [0.2, 0.25) is 0 Å². The molecule has 0 saturated heterocycles. The first-order valence-electron chi connectivity index (χ1n) is 7.57. The van der Waals surface area contributed by atoms with Gasteiger partial charge in [0.25, 0.3) is 5.91 Å². The average Bonchev–Trinajstić information content (AvgIpc) is 2.98. The fraction of sp³-hybridized carbons (Fsp3) is 0.353. The van der Waals surface area contributed by atoms with E-state index in [1.807, 2.05) is 26.0 Å². The molecule has 0 bridgehead atoms. The minimum atomic E-state index is -1.05. The van der Waals surface area contributed by atoms with E-state index in [-0.39, 0.29) is 11.8 Å². The van der Waals surface area contributed by atoms with Gasteiger partial charge < -0.3 is 10.0 Å². The summed E-state index contributed by atoms with van der Waals surface area (Å²) in [4.78, 5) is 25.0. The van der Waals surface area contributed by atoms with Crippen LogP contribution in [0, 0.1) is 0 Å². The Morgan fingerprint density at radius 2 is 1.79 bits per heavy atom. The van der Waals surface area contributed by atoms with Crippen LogP contribution in [-0.2, 0) is 4.79 Å². The number of halogens is 1. The highest BCUT2D eigenvalue weighted by Gasteiger charge is 2.28. The molecule has 2 rings (SSSR count). The molecule has 0 saturated carbocycles. The van der Waals surface area contributed by atoms with Gasteiger partial charge in [-0.3, -0.25) is 4.79 Å². The van der Waals surface area contributed by atoms with Crippen molar-refractivity contribution < 1.29 is 14.7 Å². The van der Waals surface area contributed by atoms with Crippen molar-refractivity contribution in [1.29, 1.82) is 0 Å². The first-order chi connectivity index (χ1) is 11.2. The van der Waals surface area contributed by atoms with Gasteiger partial charge in [-0.25, -0.2) is 9.48 Å². The Morgan fingerprint density at radius 3 is 2.29 bits per heavy atom. The van der Waals surface area contributed by atoms with Crippen LogP contribution in [0.3, 0.4) is 0 Å². The first kappa shape index (κ1) is 18.0. The molecule has 1 amide bonds. The molecule has 0 aliphatic rings. The van der Waals surface area contributed by atoms with E-state index >= 15 is 0 Å². The summed E-state index contributed by atoms with van der Waals surface area (Å²) in [5, 5.41) is 14.0. The summed E-state index contributed by atoms with van der Waals surface area (Å²) in [6, 6.07) is 6.22. The van der Waals surface area contributed by atoms with Gasteiger partial charge in [-0.1, -0.05) is 25.4 Å². The Hall–Kier alpha value is -2.34. The molecule has 24 heavy (non-hydrogen) atoms. The minimum absolute atomic E-state index is 0.0238. The van der Waals surface area contributed by atoms with E-state index in [9.17, 15) is 9.59 Å². The van der Waals surface area contributed by atoms with Crippen molar-refractivity contribution in [1.82, 2.24) is 14.7 Å². The van der Waals surface area contributed by atoms with Crippen molar-refractivity contribution >= 4 is 23.5 Å². The van der Waals surface area contributed by atoms with Crippen molar-refractivity contribution in [2.24, 2.45) is 0 Å². The molecule has 0 aliphatic carbocycles. The predicted octanol–water partition coefficient (Wildman–Crippen LogP) is 3.19. The fourth-order valence-electron chi connectivity index (χ4n) is 2.40. The van der Waals surface area contributed by atoms with Crippen molar-refractivity contribution in [3.63, 3.8) is 0 Å². The van der Waals surface area contributed by atoms with Gasteiger partial charge in [0.1, 0.15) is 6.04 Å². The quantitative estimate of drug-likeness (QED) is 0.899. The zero-order valence-corrected chi connectivity index (χ0v) is 14.8. The lowest BCUT2D eigenvalue weighted by molar-refractivity contribution is -0.141. The zero-order chi connectivity index (χ0) is 18.0. The smallest absolute Gasteiger partial charge is 0.326 e. The van der Waals surface area contributed by atoms with Gasteiger partial charge in [-0.2, -0.15) is 5.10 Å². The second kappa shape index (κ2) is 7.05. The van der Waals surface area contributed by atoms with Crippen LogP contribution in [0.2, 0.25) is 5.02 Å². The highest BCUT2D eigenvalue weighted by molar-refractivity contribution is 6.30. The molecule has 0 aliphatic heterocycles. The van der Waals surface area contributed by atoms with Crippen LogP contribution in [0.15, 0.2) is 30.5 Å². The molecule has 1 aromatic heterocycles. The summed E-state index contributed by atoms with van der Waals surface area (Å²) in [7, 11) is 1.48. The summed E-state index contributed by atoms with van der Waals surface area (Å²) in [6.45, 7) is 5.39. The number of nitrogens with zero attached hydrogens (tertiary/aromatic N) is 3. The number of hydrogen-bond donors (Lipinski definition) is 1. The molecule has 2 aromatic rings. The number of amides is 1. The number of carboxylic acids is 1. The number of carbonyl (C=O) groups is 2. The van der Waals surface area contributed by atoms with Gasteiger partial charge in [0.05, 0.1) is 23.1 Å². The predicted molar refractivity (Wildman–Crippen MR) is 91.9 cm³/mol. The number of hydrogen-bond acceptors (Lipinski definition) is 3. The Bertz CT molecular complexity index is 753.